The quantitative estimate of drug-likeness (QED) is 0.405. The summed E-state index contributed by atoms with van der Waals surface area (Å²) in [6.45, 7) is 7.39. The molecule has 0 radical (unpaired) electrons. The Kier molecular flexibility index (Phi) is 8.04. The van der Waals surface area contributed by atoms with E-state index in [4.69, 9.17) is 0 Å². The van der Waals surface area contributed by atoms with Crippen molar-refractivity contribution in [3.05, 3.63) is 77.4 Å². The highest BCUT2D eigenvalue weighted by Gasteiger charge is 2.31. The molecule has 0 bridgehead atoms. The van der Waals surface area contributed by atoms with Gasteiger partial charge in [-0.2, -0.15) is 0 Å². The molecule has 3 aromatic rings. The highest BCUT2D eigenvalue weighted by atomic mass is 16.2. The largest absolute Gasteiger partial charge is 0.354 e. The van der Waals surface area contributed by atoms with Crippen molar-refractivity contribution in [3.8, 4) is 0 Å². The van der Waals surface area contributed by atoms with Crippen LogP contribution in [0.25, 0.3) is 10.8 Å². The minimum Gasteiger partial charge on any atom is -0.354 e. The molecule has 1 atom stereocenters. The van der Waals surface area contributed by atoms with Crippen LogP contribution in [-0.4, -0.2) is 41.8 Å². The van der Waals surface area contributed by atoms with Crippen LogP contribution in [0.2, 0.25) is 0 Å². The third-order valence-corrected chi connectivity index (χ3v) is 6.79. The molecule has 1 heterocycles. The number of anilines is 1. The first kappa shape index (κ1) is 25.4. The van der Waals surface area contributed by atoms with Crippen LogP contribution >= 0.6 is 0 Å². The van der Waals surface area contributed by atoms with Crippen molar-refractivity contribution < 1.29 is 14.4 Å². The molecule has 6 heteroatoms. The molecule has 6 nitrogen and oxygen atoms in total. The van der Waals surface area contributed by atoms with Gasteiger partial charge in [-0.25, -0.2) is 0 Å². The van der Waals surface area contributed by atoms with Gasteiger partial charge >= 0.3 is 0 Å². The zero-order chi connectivity index (χ0) is 25.7. The van der Waals surface area contributed by atoms with Crippen molar-refractivity contribution in [3.63, 3.8) is 0 Å². The second-order valence-electron chi connectivity index (χ2n) is 9.47. The van der Waals surface area contributed by atoms with Gasteiger partial charge in [-0.3, -0.25) is 14.4 Å². The molecule has 3 aromatic carbocycles. The molecular formula is C30H35N3O3. The van der Waals surface area contributed by atoms with Gasteiger partial charge in [-0.15, -0.1) is 0 Å². The number of nitrogens with zero attached hydrogens (tertiary/aromatic N) is 2. The van der Waals surface area contributed by atoms with E-state index in [-0.39, 0.29) is 24.1 Å². The minimum absolute atomic E-state index is 0.0174. The smallest absolute Gasteiger partial charge is 0.258 e. The number of nitrogens with one attached hydrogen (secondary N) is 1. The highest BCUT2D eigenvalue weighted by Crippen LogP contribution is 2.37. The van der Waals surface area contributed by atoms with Gasteiger partial charge in [0.15, 0.2) is 0 Å². The summed E-state index contributed by atoms with van der Waals surface area (Å²) in [5.41, 5.74) is 3.74. The van der Waals surface area contributed by atoms with E-state index in [9.17, 15) is 14.4 Å². The zero-order valence-corrected chi connectivity index (χ0v) is 21.4. The van der Waals surface area contributed by atoms with Crippen molar-refractivity contribution in [2.45, 2.75) is 59.0 Å². The Morgan fingerprint density at radius 3 is 2.50 bits per heavy atom. The monoisotopic (exact) mass is 485 g/mol. The van der Waals surface area contributed by atoms with Crippen molar-refractivity contribution in [2.75, 3.05) is 18.0 Å². The van der Waals surface area contributed by atoms with E-state index in [2.05, 4.69) is 11.4 Å². The maximum Gasteiger partial charge on any atom is 0.258 e. The van der Waals surface area contributed by atoms with Crippen LogP contribution in [0.3, 0.4) is 0 Å². The molecule has 1 N–H and O–H groups in total. The summed E-state index contributed by atoms with van der Waals surface area (Å²) in [5, 5.41) is 4.99. The second-order valence-corrected chi connectivity index (χ2v) is 9.47. The molecule has 36 heavy (non-hydrogen) atoms. The molecule has 0 aliphatic carbocycles. The van der Waals surface area contributed by atoms with Gasteiger partial charge in [0.05, 0.1) is 5.69 Å². The Labute approximate surface area is 213 Å². The van der Waals surface area contributed by atoms with Gasteiger partial charge in [-0.05, 0) is 49.3 Å². The maximum atomic E-state index is 13.5. The molecule has 0 saturated heterocycles. The van der Waals surface area contributed by atoms with Crippen LogP contribution in [-0.2, 0) is 16.1 Å². The third kappa shape index (κ3) is 5.27. The molecule has 3 amide bonds. The third-order valence-electron chi connectivity index (χ3n) is 6.79. The van der Waals surface area contributed by atoms with E-state index in [0.29, 0.717) is 38.0 Å². The molecule has 188 valence electrons. The fraction of sp³-hybridized carbons (Fsp3) is 0.367. The fourth-order valence-electron chi connectivity index (χ4n) is 5.03. The summed E-state index contributed by atoms with van der Waals surface area (Å²) >= 11 is 0. The Morgan fingerprint density at radius 1 is 1.03 bits per heavy atom. The number of aryl methyl sites for hydroxylation is 1. The maximum absolute atomic E-state index is 13.5. The molecule has 0 fully saturated rings. The number of hydrogen-bond donors (Lipinski definition) is 1. The van der Waals surface area contributed by atoms with Gasteiger partial charge in [0.2, 0.25) is 11.8 Å². The van der Waals surface area contributed by atoms with E-state index in [1.54, 1.807) is 9.80 Å². The lowest BCUT2D eigenvalue weighted by molar-refractivity contribution is -0.141. The van der Waals surface area contributed by atoms with Crippen LogP contribution in [0.4, 0.5) is 5.69 Å². The molecule has 1 aliphatic heterocycles. The highest BCUT2D eigenvalue weighted by molar-refractivity contribution is 6.25. The molecule has 1 aliphatic rings. The van der Waals surface area contributed by atoms with Gasteiger partial charge in [0.1, 0.15) is 6.04 Å². The van der Waals surface area contributed by atoms with Gasteiger partial charge in [-0.1, -0.05) is 67.9 Å². The number of rotatable bonds is 11. The molecule has 0 spiro atoms. The van der Waals surface area contributed by atoms with Crippen molar-refractivity contribution in [1.29, 1.82) is 0 Å². The van der Waals surface area contributed by atoms with E-state index in [0.717, 1.165) is 34.0 Å². The van der Waals surface area contributed by atoms with Crippen molar-refractivity contribution >= 4 is 34.2 Å². The first-order valence-electron chi connectivity index (χ1n) is 12.9. The summed E-state index contributed by atoms with van der Waals surface area (Å²) in [4.78, 5) is 43.0. The molecule has 4 rings (SSSR count). The molecule has 0 saturated carbocycles. The zero-order valence-electron chi connectivity index (χ0n) is 21.4. The van der Waals surface area contributed by atoms with Crippen molar-refractivity contribution in [2.24, 2.45) is 0 Å². The summed E-state index contributed by atoms with van der Waals surface area (Å²) in [6.07, 6.45) is 2.16. The first-order chi connectivity index (χ1) is 17.4. The Balaban J connectivity index is 1.48. The van der Waals surface area contributed by atoms with Crippen LogP contribution < -0.4 is 10.2 Å². The number of amides is 3. The summed E-state index contributed by atoms with van der Waals surface area (Å²) in [7, 11) is 0. The average Bonchev–Trinajstić information content (AvgIpc) is 3.15. The standard InChI is InChI=1S/C30H35N3O3/c1-4-17-31-29(35)25(5-2)33(20-22-11-6-10-21(3)19-22)27(34)16-9-18-32-26-15-8-13-23-12-7-14-24(28(23)26)30(32)36/h6-8,10-15,19,25H,4-5,9,16-18,20H2,1-3H3,(H,31,35)/t25-/m0/s1. The van der Waals surface area contributed by atoms with Gasteiger partial charge in [0, 0.05) is 37.0 Å². The lowest BCUT2D eigenvalue weighted by atomic mass is 10.1. The first-order valence-corrected chi connectivity index (χ1v) is 12.9. The lowest BCUT2D eigenvalue weighted by Gasteiger charge is -2.31. The second kappa shape index (κ2) is 11.4. The van der Waals surface area contributed by atoms with Gasteiger partial charge < -0.3 is 15.1 Å². The van der Waals surface area contributed by atoms with Crippen LogP contribution in [0.15, 0.2) is 60.7 Å². The van der Waals surface area contributed by atoms with E-state index < -0.39 is 6.04 Å². The van der Waals surface area contributed by atoms with E-state index in [1.807, 2.05) is 75.4 Å². The summed E-state index contributed by atoms with van der Waals surface area (Å²) in [5.74, 6) is -0.203. The van der Waals surface area contributed by atoms with Crippen LogP contribution in [0.5, 0.6) is 0 Å². The summed E-state index contributed by atoms with van der Waals surface area (Å²) < 4.78 is 0. The molecular weight excluding hydrogens is 450 g/mol. The van der Waals surface area contributed by atoms with Crippen molar-refractivity contribution in [1.82, 2.24) is 10.2 Å². The van der Waals surface area contributed by atoms with Crippen LogP contribution in [0.1, 0.15) is 61.0 Å². The molecule has 0 aromatic heterocycles. The number of benzene rings is 3. The fourth-order valence-corrected chi connectivity index (χ4v) is 5.03. The SMILES string of the molecule is CCCNC(=O)[C@H](CC)N(Cc1cccc(C)c1)C(=O)CCCN1C(=O)c2cccc3cccc1c23. The average molecular weight is 486 g/mol. The van der Waals surface area contributed by atoms with E-state index >= 15 is 0 Å². The number of carbonyl (C=O) groups is 3. The van der Waals surface area contributed by atoms with E-state index in [1.165, 1.54) is 0 Å². The summed E-state index contributed by atoms with van der Waals surface area (Å²) in [6, 6.07) is 19.2. The Hall–Kier alpha value is -3.67. The number of carbonyl (C=O) groups excluding carboxylic acids is 3. The normalized spacial score (nSPS) is 13.2. The van der Waals surface area contributed by atoms with Crippen LogP contribution in [0, 0.1) is 6.92 Å². The Morgan fingerprint density at radius 2 is 1.78 bits per heavy atom. The topological polar surface area (TPSA) is 69.7 Å². The minimum atomic E-state index is -0.531. The predicted molar refractivity (Wildman–Crippen MR) is 144 cm³/mol. The molecule has 0 unspecified atom stereocenters. The predicted octanol–water partition coefficient (Wildman–Crippen LogP) is 5.22. The van der Waals surface area contributed by atoms with Gasteiger partial charge in [0.25, 0.3) is 5.91 Å². The number of hydrogen-bond acceptors (Lipinski definition) is 3. The lowest BCUT2D eigenvalue weighted by Crippen LogP contribution is -2.49. The Bertz CT molecular complexity index is 1260.